The van der Waals surface area contributed by atoms with Gasteiger partial charge in [0.05, 0.1) is 6.42 Å². The summed E-state index contributed by atoms with van der Waals surface area (Å²) in [6.07, 6.45) is -0.0856. The molecule has 0 aromatic carbocycles. The number of hydrogen-bond acceptors (Lipinski definition) is 4. The molecule has 0 bridgehead atoms. The van der Waals surface area contributed by atoms with E-state index >= 15 is 0 Å². The normalized spacial score (nSPS) is 27.6. The molecule has 0 radical (unpaired) electrons. The second-order valence-electron chi connectivity index (χ2n) is 2.71. The Kier molecular flexibility index (Phi) is 1.75. The molecule has 0 aliphatic carbocycles. The fourth-order valence-corrected chi connectivity index (χ4v) is 0.787. The molecule has 6 nitrogen and oxygen atoms in total. The number of aliphatic carboxylic acids is 1. The van der Waals surface area contributed by atoms with Gasteiger partial charge in [-0.3, -0.25) is 4.79 Å². The summed E-state index contributed by atoms with van der Waals surface area (Å²) in [5.41, 5.74) is 3.48. The minimum absolute atomic E-state index is 0.0856. The molecule has 1 aliphatic heterocycles. The zero-order chi connectivity index (χ0) is 9.35. The second kappa shape index (κ2) is 2.47. The van der Waals surface area contributed by atoms with E-state index in [2.05, 4.69) is 9.99 Å². The van der Waals surface area contributed by atoms with Gasteiger partial charge in [0.1, 0.15) is 0 Å². The van der Waals surface area contributed by atoms with Crippen molar-refractivity contribution in [3.05, 3.63) is 0 Å². The Labute approximate surface area is 68.0 Å². The van der Waals surface area contributed by atoms with Gasteiger partial charge in [-0.1, -0.05) is 5.16 Å². The standard InChI is InChI=1S/C6H8N2O4/c1-6(5(7)11)2-3(4(9)10)8-12-6/h2H2,1H3,(H2,7,11)(H,9,10). The van der Waals surface area contributed by atoms with Gasteiger partial charge in [0.15, 0.2) is 5.71 Å². The van der Waals surface area contributed by atoms with Crippen LogP contribution >= 0.6 is 0 Å². The molecule has 0 saturated heterocycles. The zero-order valence-corrected chi connectivity index (χ0v) is 6.40. The number of carboxylic acids is 1. The summed E-state index contributed by atoms with van der Waals surface area (Å²) in [7, 11) is 0. The van der Waals surface area contributed by atoms with Crippen molar-refractivity contribution >= 4 is 17.6 Å². The number of carbonyl (C=O) groups is 2. The van der Waals surface area contributed by atoms with Crippen LogP contribution in [0.1, 0.15) is 13.3 Å². The smallest absolute Gasteiger partial charge is 0.353 e. The van der Waals surface area contributed by atoms with Gasteiger partial charge in [-0.2, -0.15) is 0 Å². The highest BCUT2D eigenvalue weighted by Gasteiger charge is 2.42. The van der Waals surface area contributed by atoms with Gasteiger partial charge >= 0.3 is 5.97 Å². The molecule has 0 spiro atoms. The summed E-state index contributed by atoms with van der Waals surface area (Å²) in [6, 6.07) is 0. The zero-order valence-electron chi connectivity index (χ0n) is 6.40. The Morgan fingerprint density at radius 1 is 1.75 bits per heavy atom. The van der Waals surface area contributed by atoms with E-state index in [9.17, 15) is 9.59 Å². The number of oxime groups is 1. The first-order valence-electron chi connectivity index (χ1n) is 3.24. The van der Waals surface area contributed by atoms with Crippen LogP contribution in [0.4, 0.5) is 0 Å². The van der Waals surface area contributed by atoms with Gasteiger partial charge in [0.2, 0.25) is 5.60 Å². The molecular weight excluding hydrogens is 164 g/mol. The Balaban J connectivity index is 2.75. The molecule has 1 heterocycles. The lowest BCUT2D eigenvalue weighted by atomic mass is 9.99. The highest BCUT2D eigenvalue weighted by atomic mass is 16.7. The maximum absolute atomic E-state index is 10.7. The van der Waals surface area contributed by atoms with E-state index in [0.717, 1.165) is 0 Å². The van der Waals surface area contributed by atoms with Gasteiger partial charge in [-0.05, 0) is 6.92 Å². The van der Waals surface area contributed by atoms with Crippen molar-refractivity contribution in [3.63, 3.8) is 0 Å². The van der Waals surface area contributed by atoms with E-state index in [4.69, 9.17) is 10.8 Å². The minimum atomic E-state index is -1.30. The van der Waals surface area contributed by atoms with Crippen LogP contribution in [-0.2, 0) is 14.4 Å². The Hall–Kier alpha value is -1.59. The van der Waals surface area contributed by atoms with E-state index in [1.165, 1.54) is 6.92 Å². The van der Waals surface area contributed by atoms with Crippen molar-refractivity contribution in [1.82, 2.24) is 0 Å². The fraction of sp³-hybridized carbons (Fsp3) is 0.500. The van der Waals surface area contributed by atoms with Crippen molar-refractivity contribution in [2.75, 3.05) is 0 Å². The van der Waals surface area contributed by atoms with E-state index in [1.54, 1.807) is 0 Å². The first-order valence-corrected chi connectivity index (χ1v) is 3.24. The second-order valence-corrected chi connectivity index (χ2v) is 2.71. The molecule has 1 amide bonds. The predicted molar refractivity (Wildman–Crippen MR) is 38.4 cm³/mol. The summed E-state index contributed by atoms with van der Waals surface area (Å²) in [5, 5.41) is 11.7. The molecule has 66 valence electrons. The van der Waals surface area contributed by atoms with Gasteiger partial charge in [-0.25, -0.2) is 4.79 Å². The predicted octanol–water partition coefficient (Wildman–Crippen LogP) is -0.909. The van der Waals surface area contributed by atoms with E-state index in [1.807, 2.05) is 0 Å². The van der Waals surface area contributed by atoms with E-state index in [-0.39, 0.29) is 12.1 Å². The number of amides is 1. The highest BCUT2D eigenvalue weighted by molar-refractivity contribution is 6.36. The van der Waals surface area contributed by atoms with Crippen LogP contribution < -0.4 is 5.73 Å². The number of carbonyl (C=O) groups excluding carboxylic acids is 1. The van der Waals surface area contributed by atoms with Crippen LogP contribution in [0.15, 0.2) is 5.16 Å². The number of carboxylic acid groups (broad SMARTS) is 1. The largest absolute Gasteiger partial charge is 0.477 e. The van der Waals surface area contributed by atoms with Crippen LogP contribution in [0.2, 0.25) is 0 Å². The quantitative estimate of drug-likeness (QED) is 0.562. The molecule has 0 aromatic rings. The van der Waals surface area contributed by atoms with Crippen molar-refractivity contribution in [3.8, 4) is 0 Å². The minimum Gasteiger partial charge on any atom is -0.477 e. The summed E-state index contributed by atoms with van der Waals surface area (Å²) >= 11 is 0. The Bertz CT molecular complexity index is 273. The van der Waals surface area contributed by atoms with Crippen molar-refractivity contribution in [2.24, 2.45) is 10.9 Å². The molecule has 1 unspecified atom stereocenters. The van der Waals surface area contributed by atoms with Crippen molar-refractivity contribution < 1.29 is 19.5 Å². The molecule has 3 N–H and O–H groups in total. The summed E-state index contributed by atoms with van der Waals surface area (Å²) < 4.78 is 0. The maximum atomic E-state index is 10.7. The number of nitrogens with two attached hydrogens (primary N) is 1. The van der Waals surface area contributed by atoms with Crippen LogP contribution in [0.5, 0.6) is 0 Å². The number of nitrogens with zero attached hydrogens (tertiary/aromatic N) is 1. The first-order chi connectivity index (χ1) is 5.46. The molecular formula is C6H8N2O4. The third-order valence-electron chi connectivity index (χ3n) is 1.63. The van der Waals surface area contributed by atoms with Gasteiger partial charge in [-0.15, -0.1) is 0 Å². The maximum Gasteiger partial charge on any atom is 0.353 e. The van der Waals surface area contributed by atoms with Crippen LogP contribution in [0.25, 0.3) is 0 Å². The summed E-state index contributed by atoms with van der Waals surface area (Å²) in [6.45, 7) is 1.40. The summed E-state index contributed by atoms with van der Waals surface area (Å²) in [5.74, 6) is -1.91. The number of primary amides is 1. The van der Waals surface area contributed by atoms with Crippen molar-refractivity contribution in [1.29, 1.82) is 0 Å². The van der Waals surface area contributed by atoms with E-state index in [0.29, 0.717) is 0 Å². The molecule has 12 heavy (non-hydrogen) atoms. The third-order valence-corrected chi connectivity index (χ3v) is 1.63. The molecule has 1 atom stereocenters. The average Bonchev–Trinajstić information content (AvgIpc) is 2.33. The van der Waals surface area contributed by atoms with Crippen LogP contribution in [0, 0.1) is 0 Å². The number of rotatable bonds is 2. The molecule has 0 saturated carbocycles. The topological polar surface area (TPSA) is 102 Å². The molecule has 0 aromatic heterocycles. The van der Waals surface area contributed by atoms with Crippen LogP contribution in [-0.4, -0.2) is 28.3 Å². The Morgan fingerprint density at radius 3 is 2.58 bits per heavy atom. The lowest BCUT2D eigenvalue weighted by Gasteiger charge is -2.15. The monoisotopic (exact) mass is 172 g/mol. The fourth-order valence-electron chi connectivity index (χ4n) is 0.787. The Morgan fingerprint density at radius 2 is 2.33 bits per heavy atom. The lowest BCUT2D eigenvalue weighted by Crippen LogP contribution is -2.41. The van der Waals surface area contributed by atoms with Gasteiger partial charge < -0.3 is 15.7 Å². The average molecular weight is 172 g/mol. The van der Waals surface area contributed by atoms with E-state index < -0.39 is 17.5 Å². The van der Waals surface area contributed by atoms with Gasteiger partial charge in [0, 0.05) is 0 Å². The highest BCUT2D eigenvalue weighted by Crippen LogP contribution is 2.22. The number of hydrogen-bond donors (Lipinski definition) is 2. The molecule has 0 fully saturated rings. The molecule has 1 aliphatic rings. The van der Waals surface area contributed by atoms with Crippen LogP contribution in [0.3, 0.4) is 0 Å². The first kappa shape index (κ1) is 8.51. The molecule has 1 rings (SSSR count). The van der Waals surface area contributed by atoms with Gasteiger partial charge in [0.25, 0.3) is 5.91 Å². The van der Waals surface area contributed by atoms with Crippen molar-refractivity contribution in [2.45, 2.75) is 18.9 Å². The summed E-state index contributed by atoms with van der Waals surface area (Å²) in [4.78, 5) is 25.7. The molecule has 6 heteroatoms. The third kappa shape index (κ3) is 1.23. The lowest BCUT2D eigenvalue weighted by molar-refractivity contribution is -0.138. The SMILES string of the molecule is CC1(C(N)=O)CC(C(=O)O)=NO1.